The van der Waals surface area contributed by atoms with Crippen molar-refractivity contribution in [2.75, 3.05) is 19.8 Å². The van der Waals surface area contributed by atoms with Gasteiger partial charge in [-0.3, -0.25) is 0 Å². The molecule has 0 saturated carbocycles. The summed E-state index contributed by atoms with van der Waals surface area (Å²) in [4.78, 5) is 1.38. The van der Waals surface area contributed by atoms with Gasteiger partial charge >= 0.3 is 0 Å². The summed E-state index contributed by atoms with van der Waals surface area (Å²) in [5.41, 5.74) is 0. The predicted molar refractivity (Wildman–Crippen MR) is 62.7 cm³/mol. The first-order chi connectivity index (χ1) is 6.84. The fraction of sp³-hybridized carbons (Fsp3) is 0.600. The lowest BCUT2D eigenvalue weighted by Gasteiger charge is -2.07. The maximum Gasteiger partial charge on any atom is 0.0701 e. The van der Waals surface area contributed by atoms with Crippen molar-refractivity contribution in [2.45, 2.75) is 13.0 Å². The van der Waals surface area contributed by atoms with Crippen molar-refractivity contribution in [3.8, 4) is 0 Å². The number of thiophene rings is 1. The summed E-state index contributed by atoms with van der Waals surface area (Å²) >= 11 is 5.25. The van der Waals surface area contributed by atoms with Crippen LogP contribution >= 0.6 is 27.3 Å². The molecule has 78 valence electrons. The predicted octanol–water partition coefficient (Wildman–Crippen LogP) is 2.64. The van der Waals surface area contributed by atoms with Gasteiger partial charge in [-0.05, 0) is 40.4 Å². The molecule has 1 aromatic rings. The van der Waals surface area contributed by atoms with E-state index in [0.717, 1.165) is 32.2 Å². The van der Waals surface area contributed by atoms with Crippen LogP contribution in [0, 0.1) is 5.92 Å². The van der Waals surface area contributed by atoms with Crippen molar-refractivity contribution in [1.82, 2.24) is 5.32 Å². The van der Waals surface area contributed by atoms with Crippen LogP contribution in [0.3, 0.4) is 0 Å². The summed E-state index contributed by atoms with van der Waals surface area (Å²) < 4.78 is 6.53. The van der Waals surface area contributed by atoms with Crippen LogP contribution in [0.1, 0.15) is 11.3 Å². The molecule has 14 heavy (non-hydrogen) atoms. The molecule has 0 bridgehead atoms. The van der Waals surface area contributed by atoms with E-state index >= 15 is 0 Å². The lowest BCUT2D eigenvalue weighted by atomic mass is 10.1. The van der Waals surface area contributed by atoms with Crippen LogP contribution in [-0.4, -0.2) is 19.8 Å². The van der Waals surface area contributed by atoms with Gasteiger partial charge in [-0.15, -0.1) is 11.3 Å². The van der Waals surface area contributed by atoms with E-state index < -0.39 is 0 Å². The Morgan fingerprint density at radius 1 is 1.57 bits per heavy atom. The lowest BCUT2D eigenvalue weighted by molar-refractivity contribution is 0.185. The van der Waals surface area contributed by atoms with E-state index in [4.69, 9.17) is 4.74 Å². The van der Waals surface area contributed by atoms with Crippen LogP contribution in [0.15, 0.2) is 15.9 Å². The van der Waals surface area contributed by atoms with Gasteiger partial charge in [-0.25, -0.2) is 0 Å². The molecule has 4 heteroatoms. The zero-order valence-electron chi connectivity index (χ0n) is 7.96. The van der Waals surface area contributed by atoms with Crippen LogP contribution in [-0.2, 0) is 11.3 Å². The average Bonchev–Trinajstić information content (AvgIpc) is 2.77. The minimum atomic E-state index is 0.721. The number of ether oxygens (including phenoxy) is 1. The van der Waals surface area contributed by atoms with Gasteiger partial charge < -0.3 is 10.1 Å². The fourth-order valence-electron chi connectivity index (χ4n) is 1.59. The number of hydrogen-bond acceptors (Lipinski definition) is 3. The van der Waals surface area contributed by atoms with Crippen molar-refractivity contribution in [3.05, 3.63) is 20.8 Å². The molecule has 0 radical (unpaired) electrons. The molecule has 1 saturated heterocycles. The molecule has 1 unspecified atom stereocenters. The first-order valence-electron chi connectivity index (χ1n) is 4.87. The molecule has 1 aliphatic heterocycles. The highest BCUT2D eigenvalue weighted by molar-refractivity contribution is 9.11. The molecular formula is C10H14BrNOS. The van der Waals surface area contributed by atoms with Crippen molar-refractivity contribution in [1.29, 1.82) is 0 Å². The Labute approximate surface area is 96.8 Å². The van der Waals surface area contributed by atoms with E-state index in [1.54, 1.807) is 11.3 Å². The minimum Gasteiger partial charge on any atom is -0.381 e. The molecule has 2 heterocycles. The third kappa shape index (κ3) is 3.05. The third-order valence-corrected chi connectivity index (χ3v) is 4.01. The molecule has 1 aromatic heterocycles. The van der Waals surface area contributed by atoms with E-state index in [1.165, 1.54) is 15.1 Å². The number of rotatable bonds is 4. The van der Waals surface area contributed by atoms with Crippen LogP contribution < -0.4 is 5.32 Å². The third-order valence-electron chi connectivity index (χ3n) is 2.39. The zero-order valence-corrected chi connectivity index (χ0v) is 10.4. The topological polar surface area (TPSA) is 21.3 Å². The molecule has 0 spiro atoms. The number of nitrogens with one attached hydrogen (secondary N) is 1. The van der Waals surface area contributed by atoms with E-state index in [-0.39, 0.29) is 0 Å². The van der Waals surface area contributed by atoms with Gasteiger partial charge in [0.05, 0.1) is 10.4 Å². The van der Waals surface area contributed by atoms with E-state index in [9.17, 15) is 0 Å². The molecule has 1 aliphatic rings. The van der Waals surface area contributed by atoms with E-state index in [0.29, 0.717) is 0 Å². The van der Waals surface area contributed by atoms with Crippen molar-refractivity contribution in [3.63, 3.8) is 0 Å². The van der Waals surface area contributed by atoms with Gasteiger partial charge in [-0.2, -0.15) is 0 Å². The lowest BCUT2D eigenvalue weighted by Crippen LogP contribution is -2.22. The average molecular weight is 276 g/mol. The molecule has 2 nitrogen and oxygen atoms in total. The van der Waals surface area contributed by atoms with Gasteiger partial charge in [0.25, 0.3) is 0 Å². The molecule has 1 atom stereocenters. The Morgan fingerprint density at radius 3 is 3.14 bits per heavy atom. The minimum absolute atomic E-state index is 0.721. The molecular weight excluding hydrogens is 262 g/mol. The number of halogens is 1. The van der Waals surface area contributed by atoms with Gasteiger partial charge in [0.15, 0.2) is 0 Å². The van der Waals surface area contributed by atoms with E-state index in [2.05, 4.69) is 33.4 Å². The van der Waals surface area contributed by atoms with Gasteiger partial charge in [0, 0.05) is 24.6 Å². The van der Waals surface area contributed by atoms with Crippen LogP contribution in [0.25, 0.3) is 0 Å². The Morgan fingerprint density at radius 2 is 2.50 bits per heavy atom. The first-order valence-corrected chi connectivity index (χ1v) is 6.48. The fourth-order valence-corrected chi connectivity index (χ4v) is 3.04. The van der Waals surface area contributed by atoms with Crippen LogP contribution in [0.5, 0.6) is 0 Å². The van der Waals surface area contributed by atoms with Crippen molar-refractivity contribution in [2.24, 2.45) is 5.92 Å². The second-order valence-corrected chi connectivity index (χ2v) is 6.11. The molecule has 0 aromatic carbocycles. The smallest absolute Gasteiger partial charge is 0.0701 e. The Hall–Kier alpha value is 0.1000. The monoisotopic (exact) mass is 275 g/mol. The summed E-state index contributed by atoms with van der Waals surface area (Å²) in [7, 11) is 0. The standard InChI is InChI=1S/C10H14BrNOS/c11-10-2-1-9(14-10)6-12-5-8-3-4-13-7-8/h1-2,8,12H,3-7H2. The summed E-state index contributed by atoms with van der Waals surface area (Å²) in [5.74, 6) is 0.721. The highest BCUT2D eigenvalue weighted by Crippen LogP contribution is 2.21. The Balaban J connectivity index is 1.67. The second kappa shape index (κ2) is 5.26. The van der Waals surface area contributed by atoms with Gasteiger partial charge in [-0.1, -0.05) is 0 Å². The molecule has 0 aliphatic carbocycles. The summed E-state index contributed by atoms with van der Waals surface area (Å²) in [6.07, 6.45) is 1.21. The summed E-state index contributed by atoms with van der Waals surface area (Å²) in [6.45, 7) is 3.93. The van der Waals surface area contributed by atoms with Crippen molar-refractivity contribution >= 4 is 27.3 Å². The maximum absolute atomic E-state index is 5.32. The number of hydrogen-bond donors (Lipinski definition) is 1. The van der Waals surface area contributed by atoms with Crippen LogP contribution in [0.4, 0.5) is 0 Å². The SMILES string of the molecule is Brc1ccc(CNCC2CCOC2)s1. The molecule has 1 N–H and O–H groups in total. The summed E-state index contributed by atoms with van der Waals surface area (Å²) in [6, 6.07) is 4.26. The zero-order chi connectivity index (χ0) is 9.80. The normalized spacial score (nSPS) is 21.6. The Bertz CT molecular complexity index is 283. The Kier molecular flexibility index (Phi) is 3.99. The highest BCUT2D eigenvalue weighted by Gasteiger charge is 2.14. The quantitative estimate of drug-likeness (QED) is 0.912. The second-order valence-electron chi connectivity index (χ2n) is 3.57. The van der Waals surface area contributed by atoms with Gasteiger partial charge in [0.1, 0.15) is 0 Å². The van der Waals surface area contributed by atoms with Crippen molar-refractivity contribution < 1.29 is 4.74 Å². The molecule has 2 rings (SSSR count). The largest absolute Gasteiger partial charge is 0.381 e. The van der Waals surface area contributed by atoms with E-state index in [1.807, 2.05) is 0 Å². The molecule has 0 amide bonds. The summed E-state index contributed by atoms with van der Waals surface area (Å²) in [5, 5.41) is 3.47. The highest BCUT2D eigenvalue weighted by atomic mass is 79.9. The van der Waals surface area contributed by atoms with Crippen LogP contribution in [0.2, 0.25) is 0 Å². The van der Waals surface area contributed by atoms with Gasteiger partial charge in [0.2, 0.25) is 0 Å². The molecule has 1 fully saturated rings. The maximum atomic E-state index is 5.32. The first kappa shape index (κ1) is 10.6.